The molecule has 0 aliphatic heterocycles. The van der Waals surface area contributed by atoms with Gasteiger partial charge in [-0.15, -0.1) is 23.2 Å². The largest absolute Gasteiger partial charge is 0.379 e. The summed E-state index contributed by atoms with van der Waals surface area (Å²) in [5.41, 5.74) is 0. The molecule has 92 valence electrons. The Morgan fingerprint density at radius 1 is 1.13 bits per heavy atom. The van der Waals surface area contributed by atoms with Gasteiger partial charge in [-0.3, -0.25) is 0 Å². The van der Waals surface area contributed by atoms with Gasteiger partial charge in [-0.1, -0.05) is 29.3 Å². The SMILES string of the molecule is CCCCOCCOC(CCl)C(Br)CCl. The second-order valence-corrected chi connectivity index (χ2v) is 4.99. The average Bonchev–Trinajstić information content (AvgIpc) is 2.27. The van der Waals surface area contributed by atoms with Crippen LogP contribution in [0.25, 0.3) is 0 Å². The van der Waals surface area contributed by atoms with E-state index in [1.54, 1.807) is 0 Å². The van der Waals surface area contributed by atoms with Gasteiger partial charge in [-0.2, -0.15) is 0 Å². The summed E-state index contributed by atoms with van der Waals surface area (Å²) in [6, 6.07) is 0. The molecule has 0 bridgehead atoms. The van der Waals surface area contributed by atoms with E-state index in [4.69, 9.17) is 32.7 Å². The third kappa shape index (κ3) is 8.75. The van der Waals surface area contributed by atoms with Gasteiger partial charge in [-0.05, 0) is 6.42 Å². The second kappa shape index (κ2) is 11.5. The number of alkyl halides is 3. The first-order chi connectivity index (χ1) is 7.26. The summed E-state index contributed by atoms with van der Waals surface area (Å²) in [6.45, 7) is 4.13. The highest BCUT2D eigenvalue weighted by molar-refractivity contribution is 9.09. The van der Waals surface area contributed by atoms with Crippen molar-refractivity contribution in [2.45, 2.75) is 30.7 Å². The maximum atomic E-state index is 5.75. The van der Waals surface area contributed by atoms with E-state index >= 15 is 0 Å². The molecule has 0 aliphatic rings. The standard InChI is InChI=1S/C10H19BrCl2O2/c1-2-3-4-14-5-6-15-10(8-13)9(11)7-12/h9-10H,2-8H2,1H3. The quantitative estimate of drug-likeness (QED) is 0.453. The highest BCUT2D eigenvalue weighted by atomic mass is 79.9. The van der Waals surface area contributed by atoms with Crippen molar-refractivity contribution in [3.8, 4) is 0 Å². The van der Waals surface area contributed by atoms with Crippen LogP contribution in [0.5, 0.6) is 0 Å². The summed E-state index contributed by atoms with van der Waals surface area (Å²) >= 11 is 14.9. The van der Waals surface area contributed by atoms with Crippen LogP contribution in [-0.4, -0.2) is 42.5 Å². The Hall–Kier alpha value is 0.980. The molecule has 2 unspecified atom stereocenters. The van der Waals surface area contributed by atoms with Crippen molar-refractivity contribution in [2.24, 2.45) is 0 Å². The first-order valence-electron chi connectivity index (χ1n) is 5.21. The molecule has 0 aliphatic carbocycles. The molecule has 0 fully saturated rings. The topological polar surface area (TPSA) is 18.5 Å². The first-order valence-corrected chi connectivity index (χ1v) is 7.20. The van der Waals surface area contributed by atoms with Crippen LogP contribution in [0, 0.1) is 0 Å². The highest BCUT2D eigenvalue weighted by Crippen LogP contribution is 2.13. The summed E-state index contributed by atoms with van der Waals surface area (Å²) < 4.78 is 10.9. The van der Waals surface area contributed by atoms with Crippen molar-refractivity contribution in [2.75, 3.05) is 31.6 Å². The fourth-order valence-electron chi connectivity index (χ4n) is 0.952. The zero-order valence-electron chi connectivity index (χ0n) is 9.05. The molecule has 0 N–H and O–H groups in total. The Balaban J connectivity index is 3.38. The van der Waals surface area contributed by atoms with Crippen LogP contribution in [0.4, 0.5) is 0 Å². The van der Waals surface area contributed by atoms with Crippen molar-refractivity contribution in [1.82, 2.24) is 0 Å². The predicted octanol–water partition coefficient (Wildman–Crippen LogP) is 3.43. The van der Waals surface area contributed by atoms with E-state index in [2.05, 4.69) is 22.9 Å². The molecule has 0 saturated carbocycles. The second-order valence-electron chi connectivity index (χ2n) is 3.20. The van der Waals surface area contributed by atoms with Crippen LogP contribution >= 0.6 is 39.1 Å². The lowest BCUT2D eigenvalue weighted by Crippen LogP contribution is -2.28. The number of ether oxygens (including phenoxy) is 2. The minimum atomic E-state index is -0.0426. The van der Waals surface area contributed by atoms with Gasteiger partial charge in [0.2, 0.25) is 0 Å². The zero-order chi connectivity index (χ0) is 11.5. The van der Waals surface area contributed by atoms with Gasteiger partial charge in [0.15, 0.2) is 0 Å². The van der Waals surface area contributed by atoms with Crippen LogP contribution < -0.4 is 0 Å². The fraction of sp³-hybridized carbons (Fsp3) is 1.00. The van der Waals surface area contributed by atoms with Gasteiger partial charge in [-0.25, -0.2) is 0 Å². The number of halogens is 3. The summed E-state index contributed by atoms with van der Waals surface area (Å²) in [5, 5.41) is 0. The van der Waals surface area contributed by atoms with Crippen LogP contribution in [0.1, 0.15) is 19.8 Å². The van der Waals surface area contributed by atoms with E-state index < -0.39 is 0 Å². The number of rotatable bonds is 10. The summed E-state index contributed by atoms with van der Waals surface area (Å²) in [6.07, 6.45) is 2.21. The Labute approximate surface area is 111 Å². The molecule has 0 aromatic rings. The third-order valence-corrected chi connectivity index (χ3v) is 3.83. The zero-order valence-corrected chi connectivity index (χ0v) is 12.2. The van der Waals surface area contributed by atoms with Crippen LogP contribution in [-0.2, 0) is 9.47 Å². The van der Waals surface area contributed by atoms with E-state index in [9.17, 15) is 0 Å². The predicted molar refractivity (Wildman–Crippen MR) is 69.6 cm³/mol. The van der Waals surface area contributed by atoms with Gasteiger partial charge >= 0.3 is 0 Å². The molecule has 0 spiro atoms. The van der Waals surface area contributed by atoms with Gasteiger partial charge in [0.25, 0.3) is 0 Å². The molecule has 0 aromatic carbocycles. The Bertz CT molecular complexity index is 139. The van der Waals surface area contributed by atoms with Gasteiger partial charge in [0, 0.05) is 18.4 Å². The number of hydrogen-bond acceptors (Lipinski definition) is 2. The molecule has 0 amide bonds. The highest BCUT2D eigenvalue weighted by Gasteiger charge is 2.17. The van der Waals surface area contributed by atoms with Crippen LogP contribution in [0.15, 0.2) is 0 Å². The van der Waals surface area contributed by atoms with Crippen molar-refractivity contribution >= 4 is 39.1 Å². The fourth-order valence-corrected chi connectivity index (χ4v) is 2.01. The van der Waals surface area contributed by atoms with Crippen molar-refractivity contribution in [3.63, 3.8) is 0 Å². The van der Waals surface area contributed by atoms with Gasteiger partial charge in [0.05, 0.1) is 24.1 Å². The lowest BCUT2D eigenvalue weighted by Gasteiger charge is -2.18. The number of hydrogen-bond donors (Lipinski definition) is 0. The molecule has 0 rings (SSSR count). The molecular formula is C10H19BrCl2O2. The minimum absolute atomic E-state index is 0.0426. The average molecular weight is 322 g/mol. The van der Waals surface area contributed by atoms with E-state index in [0.29, 0.717) is 25.0 Å². The maximum absolute atomic E-state index is 5.75. The number of unbranched alkanes of at least 4 members (excludes halogenated alkanes) is 1. The Morgan fingerprint density at radius 2 is 1.87 bits per heavy atom. The molecule has 0 aromatic heterocycles. The van der Waals surface area contributed by atoms with Crippen LogP contribution in [0.2, 0.25) is 0 Å². The smallest absolute Gasteiger partial charge is 0.0847 e. The molecule has 5 heteroatoms. The Morgan fingerprint density at radius 3 is 2.40 bits per heavy atom. The van der Waals surface area contributed by atoms with Crippen LogP contribution in [0.3, 0.4) is 0 Å². The molecule has 2 nitrogen and oxygen atoms in total. The van der Waals surface area contributed by atoms with E-state index in [1.165, 1.54) is 0 Å². The molecule has 0 saturated heterocycles. The van der Waals surface area contributed by atoms with Gasteiger partial charge < -0.3 is 9.47 Å². The minimum Gasteiger partial charge on any atom is -0.379 e. The third-order valence-electron chi connectivity index (χ3n) is 1.90. The molecule has 2 atom stereocenters. The lowest BCUT2D eigenvalue weighted by molar-refractivity contribution is 0.0150. The van der Waals surface area contributed by atoms with E-state index in [0.717, 1.165) is 19.4 Å². The Kier molecular flexibility index (Phi) is 12.2. The monoisotopic (exact) mass is 320 g/mol. The summed E-state index contributed by atoms with van der Waals surface area (Å²) in [5.74, 6) is 0.936. The van der Waals surface area contributed by atoms with Crippen molar-refractivity contribution in [1.29, 1.82) is 0 Å². The first kappa shape index (κ1) is 16.0. The van der Waals surface area contributed by atoms with E-state index in [1.807, 2.05) is 0 Å². The van der Waals surface area contributed by atoms with Crippen molar-refractivity contribution in [3.05, 3.63) is 0 Å². The normalized spacial score (nSPS) is 15.2. The molecule has 15 heavy (non-hydrogen) atoms. The van der Waals surface area contributed by atoms with E-state index in [-0.39, 0.29) is 10.9 Å². The molecule has 0 radical (unpaired) electrons. The maximum Gasteiger partial charge on any atom is 0.0847 e. The van der Waals surface area contributed by atoms with Gasteiger partial charge in [0.1, 0.15) is 0 Å². The molecular weight excluding hydrogens is 303 g/mol. The van der Waals surface area contributed by atoms with Crippen molar-refractivity contribution < 1.29 is 9.47 Å². The lowest BCUT2D eigenvalue weighted by atomic mass is 10.3. The summed E-state index contributed by atoms with van der Waals surface area (Å²) in [7, 11) is 0. The molecule has 0 heterocycles. The summed E-state index contributed by atoms with van der Waals surface area (Å²) in [4.78, 5) is 0.104.